The molecule has 0 aromatic heterocycles. The Morgan fingerprint density at radius 2 is 1.82 bits per heavy atom. The largest absolute Gasteiger partial charge is 0.493 e. The molecule has 0 aliphatic rings. The molecule has 0 aliphatic heterocycles. The zero-order valence-electron chi connectivity index (χ0n) is 17.2. The van der Waals surface area contributed by atoms with Crippen LogP contribution in [0.2, 0.25) is 5.02 Å². The maximum atomic E-state index is 12.4. The van der Waals surface area contributed by atoms with E-state index in [1.54, 1.807) is 54.6 Å². The zero-order valence-corrected chi connectivity index (χ0v) is 21.1. The summed E-state index contributed by atoms with van der Waals surface area (Å²) in [6, 6.07) is 16.7. The Labute approximate surface area is 211 Å². The van der Waals surface area contributed by atoms with E-state index in [1.165, 1.54) is 13.3 Å². The van der Waals surface area contributed by atoms with Crippen LogP contribution in [0, 0.1) is 0 Å². The van der Waals surface area contributed by atoms with Crippen LogP contribution in [0.25, 0.3) is 0 Å². The first-order valence-corrected chi connectivity index (χ1v) is 11.4. The van der Waals surface area contributed by atoms with Gasteiger partial charge < -0.3 is 14.2 Å². The predicted molar refractivity (Wildman–Crippen MR) is 132 cm³/mol. The molecule has 0 unspecified atom stereocenters. The monoisotopic (exact) mass is 594 g/mol. The Bertz CT molecular complexity index is 1200. The summed E-state index contributed by atoms with van der Waals surface area (Å²) in [6.45, 7) is -0.231. The van der Waals surface area contributed by atoms with Crippen LogP contribution in [-0.4, -0.2) is 31.8 Å². The van der Waals surface area contributed by atoms with Crippen molar-refractivity contribution >= 4 is 61.6 Å². The van der Waals surface area contributed by atoms with Crippen LogP contribution in [0.15, 0.2) is 74.7 Å². The second-order valence-corrected chi connectivity index (χ2v) is 8.67. The number of halogens is 3. The highest BCUT2D eigenvalue weighted by Gasteiger charge is 2.13. The molecule has 0 bridgehead atoms. The summed E-state index contributed by atoms with van der Waals surface area (Å²) in [5.41, 5.74) is 3.39. The van der Waals surface area contributed by atoms with Gasteiger partial charge in [-0.3, -0.25) is 4.79 Å². The van der Waals surface area contributed by atoms with Gasteiger partial charge in [-0.25, -0.2) is 10.2 Å². The molecule has 0 spiro atoms. The maximum Gasteiger partial charge on any atom is 0.343 e. The van der Waals surface area contributed by atoms with Gasteiger partial charge in [0.2, 0.25) is 0 Å². The Balaban J connectivity index is 1.57. The number of methoxy groups -OCH3 is 1. The first-order chi connectivity index (χ1) is 15.9. The van der Waals surface area contributed by atoms with Crippen LogP contribution in [-0.2, 0) is 4.79 Å². The van der Waals surface area contributed by atoms with Gasteiger partial charge in [-0.2, -0.15) is 5.10 Å². The molecule has 0 fully saturated rings. The number of hydrogen-bond acceptors (Lipinski definition) is 6. The third kappa shape index (κ3) is 7.31. The van der Waals surface area contributed by atoms with Gasteiger partial charge in [0, 0.05) is 9.50 Å². The number of nitrogens with zero attached hydrogens (tertiary/aromatic N) is 1. The molecule has 0 aliphatic carbocycles. The van der Waals surface area contributed by atoms with Crippen molar-refractivity contribution in [1.82, 2.24) is 5.43 Å². The van der Waals surface area contributed by atoms with E-state index in [4.69, 9.17) is 25.8 Å². The van der Waals surface area contributed by atoms with Gasteiger partial charge in [-0.15, -0.1) is 0 Å². The average molecular weight is 597 g/mol. The number of hydrazone groups is 1. The number of nitrogens with one attached hydrogen (secondary N) is 1. The van der Waals surface area contributed by atoms with Crippen molar-refractivity contribution in [3.8, 4) is 17.2 Å². The number of esters is 1. The Morgan fingerprint density at radius 3 is 2.55 bits per heavy atom. The van der Waals surface area contributed by atoms with E-state index >= 15 is 0 Å². The van der Waals surface area contributed by atoms with E-state index in [0.29, 0.717) is 32.1 Å². The normalized spacial score (nSPS) is 10.7. The second kappa shape index (κ2) is 11.8. The van der Waals surface area contributed by atoms with Crippen LogP contribution in [0.5, 0.6) is 17.2 Å². The molecule has 170 valence electrons. The number of ether oxygens (including phenoxy) is 3. The number of rotatable bonds is 8. The second-order valence-electron chi connectivity index (χ2n) is 6.47. The number of hydrogen-bond donors (Lipinski definition) is 1. The maximum absolute atomic E-state index is 12.4. The number of amides is 1. The van der Waals surface area contributed by atoms with Gasteiger partial charge in [-0.05, 0) is 76.1 Å². The topological polar surface area (TPSA) is 86.2 Å². The summed E-state index contributed by atoms with van der Waals surface area (Å²) in [5.74, 6) is 0.113. The summed E-state index contributed by atoms with van der Waals surface area (Å²) in [7, 11) is 1.46. The van der Waals surface area contributed by atoms with Crippen molar-refractivity contribution in [2.75, 3.05) is 13.7 Å². The molecule has 0 radical (unpaired) electrons. The molecule has 3 aromatic carbocycles. The molecule has 0 heterocycles. The van der Waals surface area contributed by atoms with Crippen molar-refractivity contribution < 1.29 is 23.8 Å². The Morgan fingerprint density at radius 1 is 1.03 bits per heavy atom. The number of carbonyl (C=O) groups is 2. The highest BCUT2D eigenvalue weighted by Crippen LogP contribution is 2.29. The quantitative estimate of drug-likeness (QED) is 0.158. The van der Waals surface area contributed by atoms with Crippen LogP contribution < -0.4 is 19.6 Å². The van der Waals surface area contributed by atoms with E-state index in [0.717, 1.165) is 4.47 Å². The van der Waals surface area contributed by atoms with Gasteiger partial charge in [-0.1, -0.05) is 33.6 Å². The van der Waals surface area contributed by atoms with Gasteiger partial charge in [0.05, 0.1) is 23.4 Å². The molecule has 0 saturated heterocycles. The number of carbonyl (C=O) groups excluding carboxylic acids is 2. The Hall–Kier alpha value is -2.88. The van der Waals surface area contributed by atoms with E-state index < -0.39 is 11.9 Å². The minimum atomic E-state index is -0.518. The predicted octanol–water partition coefficient (Wildman–Crippen LogP) is 5.62. The van der Waals surface area contributed by atoms with Crippen LogP contribution >= 0.6 is 43.5 Å². The fourth-order valence-electron chi connectivity index (χ4n) is 2.57. The van der Waals surface area contributed by atoms with Crippen molar-refractivity contribution in [1.29, 1.82) is 0 Å². The third-order valence-electron chi connectivity index (χ3n) is 4.11. The van der Waals surface area contributed by atoms with E-state index in [1.807, 2.05) is 6.07 Å². The summed E-state index contributed by atoms with van der Waals surface area (Å²) < 4.78 is 17.6. The van der Waals surface area contributed by atoms with Crippen LogP contribution in [0.3, 0.4) is 0 Å². The Kier molecular flexibility index (Phi) is 8.87. The van der Waals surface area contributed by atoms with Gasteiger partial charge in [0.15, 0.2) is 18.1 Å². The van der Waals surface area contributed by atoms with Crippen molar-refractivity contribution in [3.63, 3.8) is 0 Å². The molecule has 1 amide bonds. The molecular formula is C23H17Br2ClN2O5. The number of benzene rings is 3. The molecule has 33 heavy (non-hydrogen) atoms. The molecule has 0 saturated carbocycles. The van der Waals surface area contributed by atoms with Crippen molar-refractivity contribution in [2.24, 2.45) is 5.10 Å². The van der Waals surface area contributed by atoms with Crippen molar-refractivity contribution in [3.05, 3.63) is 85.8 Å². The lowest BCUT2D eigenvalue weighted by atomic mass is 10.2. The highest BCUT2D eigenvalue weighted by atomic mass is 79.9. The zero-order chi connectivity index (χ0) is 23.8. The lowest BCUT2D eigenvalue weighted by molar-refractivity contribution is -0.123. The fourth-order valence-corrected chi connectivity index (χ4v) is 3.77. The SMILES string of the molecule is COc1cc(/C=N\NC(=O)COc2ccc(Cl)cc2Br)ccc1OC(=O)c1cccc(Br)c1. The summed E-state index contributed by atoms with van der Waals surface area (Å²) >= 11 is 12.5. The van der Waals surface area contributed by atoms with Crippen molar-refractivity contribution in [2.45, 2.75) is 0 Å². The molecule has 0 atom stereocenters. The van der Waals surface area contributed by atoms with Crippen LogP contribution in [0.1, 0.15) is 15.9 Å². The van der Waals surface area contributed by atoms with E-state index in [-0.39, 0.29) is 12.4 Å². The van der Waals surface area contributed by atoms with E-state index in [9.17, 15) is 9.59 Å². The van der Waals surface area contributed by atoms with Crippen LogP contribution in [0.4, 0.5) is 0 Å². The lowest BCUT2D eigenvalue weighted by Crippen LogP contribution is -2.24. The first-order valence-electron chi connectivity index (χ1n) is 9.41. The molecule has 7 nitrogen and oxygen atoms in total. The first kappa shape index (κ1) is 24.8. The van der Waals surface area contributed by atoms with Gasteiger partial charge in [0.25, 0.3) is 5.91 Å². The molecule has 1 N–H and O–H groups in total. The minimum absolute atomic E-state index is 0.231. The lowest BCUT2D eigenvalue weighted by Gasteiger charge is -2.10. The highest BCUT2D eigenvalue weighted by molar-refractivity contribution is 9.10. The smallest absolute Gasteiger partial charge is 0.343 e. The average Bonchev–Trinajstić information content (AvgIpc) is 2.79. The van der Waals surface area contributed by atoms with Gasteiger partial charge in [0.1, 0.15) is 5.75 Å². The summed E-state index contributed by atoms with van der Waals surface area (Å²) in [6.07, 6.45) is 1.43. The third-order valence-corrected chi connectivity index (χ3v) is 5.45. The molecular weight excluding hydrogens is 580 g/mol. The summed E-state index contributed by atoms with van der Waals surface area (Å²) in [5, 5.41) is 4.46. The van der Waals surface area contributed by atoms with E-state index in [2.05, 4.69) is 42.4 Å². The van der Waals surface area contributed by atoms with Gasteiger partial charge >= 0.3 is 5.97 Å². The summed E-state index contributed by atoms with van der Waals surface area (Å²) in [4.78, 5) is 24.3. The molecule has 3 aromatic rings. The standard InChI is InChI=1S/C23H17Br2ClN2O5/c1-31-21-9-14(5-7-20(21)33-23(30)15-3-2-4-16(24)10-15)12-27-28-22(29)13-32-19-8-6-17(26)11-18(19)25/h2-12H,13H2,1H3,(H,28,29)/b27-12-. The molecule has 3 rings (SSSR count). The molecule has 10 heteroatoms. The minimum Gasteiger partial charge on any atom is -0.493 e. The fraction of sp³-hybridized carbons (Fsp3) is 0.0870.